The Bertz CT molecular complexity index is 1120. The molecule has 1 N–H and O–H groups in total. The number of aromatic nitrogens is 2. The Hall–Kier alpha value is -4.01. The average molecular weight is 394 g/mol. The predicted octanol–water partition coefficient (Wildman–Crippen LogP) is 2.77. The monoisotopic (exact) mass is 394 g/mol. The largest absolute Gasteiger partial charge is 0.494 e. The van der Waals surface area contributed by atoms with Crippen LogP contribution in [-0.2, 0) is 6.54 Å². The highest BCUT2D eigenvalue weighted by molar-refractivity contribution is 6.03. The first-order valence-electron chi connectivity index (χ1n) is 8.65. The summed E-state index contributed by atoms with van der Waals surface area (Å²) in [5.74, 6) is -0.435. The Morgan fingerprint density at radius 1 is 1.17 bits per heavy atom. The molecule has 9 nitrogen and oxygen atoms in total. The van der Waals surface area contributed by atoms with Crippen LogP contribution in [0.3, 0.4) is 0 Å². The molecule has 0 unspecified atom stereocenters. The molecule has 3 rings (SSSR count). The van der Waals surface area contributed by atoms with Crippen LogP contribution < -0.4 is 15.6 Å². The zero-order valence-corrected chi connectivity index (χ0v) is 15.8. The number of aryl methyl sites for hydroxylation is 1. The Labute approximate surface area is 165 Å². The van der Waals surface area contributed by atoms with Crippen LogP contribution in [0, 0.1) is 17.0 Å². The van der Waals surface area contributed by atoms with E-state index in [0.717, 1.165) is 11.1 Å². The number of anilines is 1. The molecule has 1 heterocycles. The molecule has 0 fully saturated rings. The average Bonchev–Trinajstić information content (AvgIpc) is 2.71. The zero-order valence-electron chi connectivity index (χ0n) is 15.8. The van der Waals surface area contributed by atoms with Crippen LogP contribution >= 0.6 is 0 Å². The number of nitro groups is 1. The molecule has 1 aromatic heterocycles. The number of hydrogen-bond acceptors (Lipinski definition) is 6. The van der Waals surface area contributed by atoms with Crippen LogP contribution in [0.4, 0.5) is 11.4 Å². The smallest absolute Gasteiger partial charge is 0.276 e. The van der Waals surface area contributed by atoms with Gasteiger partial charge in [0, 0.05) is 12.1 Å². The van der Waals surface area contributed by atoms with Crippen LogP contribution in [0.2, 0.25) is 0 Å². The van der Waals surface area contributed by atoms with E-state index in [4.69, 9.17) is 4.74 Å². The molecule has 1 amide bonds. The lowest BCUT2D eigenvalue weighted by molar-refractivity contribution is -0.384. The van der Waals surface area contributed by atoms with Gasteiger partial charge in [0.25, 0.3) is 17.2 Å². The van der Waals surface area contributed by atoms with Gasteiger partial charge in [-0.05, 0) is 24.6 Å². The van der Waals surface area contributed by atoms with E-state index >= 15 is 0 Å². The first-order chi connectivity index (χ1) is 13.9. The van der Waals surface area contributed by atoms with Crippen LogP contribution in [0.5, 0.6) is 5.75 Å². The van der Waals surface area contributed by atoms with Crippen molar-refractivity contribution in [2.75, 3.05) is 12.4 Å². The molecule has 0 saturated carbocycles. The summed E-state index contributed by atoms with van der Waals surface area (Å²) >= 11 is 0. The van der Waals surface area contributed by atoms with Crippen LogP contribution in [-0.4, -0.2) is 27.7 Å². The van der Waals surface area contributed by atoms with Gasteiger partial charge in [-0.1, -0.05) is 29.8 Å². The minimum absolute atomic E-state index is 0.0251. The summed E-state index contributed by atoms with van der Waals surface area (Å²) in [6, 6.07) is 14.1. The molecule has 0 saturated heterocycles. The SMILES string of the molecule is COc1cc([N+](=O)[O-])ccc1NC(=O)c1ccc(=O)n(Cc2ccc(C)cc2)n1. The number of nitrogens with zero attached hydrogens (tertiary/aromatic N) is 3. The number of methoxy groups -OCH3 is 1. The lowest BCUT2D eigenvalue weighted by atomic mass is 10.1. The number of ether oxygens (including phenoxy) is 1. The number of nitro benzene ring substituents is 1. The van der Waals surface area contributed by atoms with Gasteiger partial charge in [-0.3, -0.25) is 19.7 Å². The fraction of sp³-hybridized carbons (Fsp3) is 0.150. The Morgan fingerprint density at radius 3 is 2.55 bits per heavy atom. The van der Waals surface area contributed by atoms with Crippen molar-refractivity contribution in [1.29, 1.82) is 0 Å². The molecule has 0 atom stereocenters. The molecule has 9 heteroatoms. The molecule has 0 aliphatic heterocycles. The van der Waals surface area contributed by atoms with Gasteiger partial charge >= 0.3 is 0 Å². The minimum atomic E-state index is -0.574. The van der Waals surface area contributed by atoms with E-state index in [-0.39, 0.29) is 34.9 Å². The highest BCUT2D eigenvalue weighted by atomic mass is 16.6. The zero-order chi connectivity index (χ0) is 21.0. The summed E-state index contributed by atoms with van der Waals surface area (Å²) in [6.07, 6.45) is 0. The van der Waals surface area contributed by atoms with Crippen molar-refractivity contribution in [3.8, 4) is 5.75 Å². The maximum absolute atomic E-state index is 12.6. The van der Waals surface area contributed by atoms with Gasteiger partial charge < -0.3 is 10.1 Å². The van der Waals surface area contributed by atoms with Crippen molar-refractivity contribution < 1.29 is 14.5 Å². The Kier molecular flexibility index (Phi) is 5.68. The van der Waals surface area contributed by atoms with E-state index < -0.39 is 10.8 Å². The van der Waals surface area contributed by atoms with Gasteiger partial charge in [0.2, 0.25) is 0 Å². The van der Waals surface area contributed by atoms with Crippen molar-refractivity contribution in [3.05, 3.63) is 91.9 Å². The molecule has 148 valence electrons. The van der Waals surface area contributed by atoms with Gasteiger partial charge in [-0.2, -0.15) is 5.10 Å². The lowest BCUT2D eigenvalue weighted by Crippen LogP contribution is -2.26. The predicted molar refractivity (Wildman–Crippen MR) is 106 cm³/mol. The molecular weight excluding hydrogens is 376 g/mol. The molecular formula is C20H18N4O5. The van der Waals surface area contributed by atoms with E-state index in [1.54, 1.807) is 0 Å². The molecule has 0 radical (unpaired) electrons. The second kappa shape index (κ2) is 8.34. The number of nitrogens with one attached hydrogen (secondary N) is 1. The van der Waals surface area contributed by atoms with E-state index in [1.165, 1.54) is 42.1 Å². The van der Waals surface area contributed by atoms with Gasteiger partial charge in [0.1, 0.15) is 11.4 Å². The number of hydrogen-bond donors (Lipinski definition) is 1. The van der Waals surface area contributed by atoms with Gasteiger partial charge in [-0.25, -0.2) is 4.68 Å². The third-order valence-electron chi connectivity index (χ3n) is 4.20. The molecule has 29 heavy (non-hydrogen) atoms. The number of amides is 1. The van der Waals surface area contributed by atoms with Crippen molar-refractivity contribution in [2.24, 2.45) is 0 Å². The normalized spacial score (nSPS) is 10.4. The number of non-ortho nitro benzene ring substituents is 1. The topological polar surface area (TPSA) is 116 Å². The van der Waals surface area contributed by atoms with E-state index in [2.05, 4.69) is 10.4 Å². The molecule has 0 aliphatic rings. The second-order valence-electron chi connectivity index (χ2n) is 6.30. The third kappa shape index (κ3) is 4.64. The van der Waals surface area contributed by atoms with Crippen molar-refractivity contribution >= 4 is 17.3 Å². The molecule has 3 aromatic rings. The quantitative estimate of drug-likeness (QED) is 0.508. The van der Waals surface area contributed by atoms with Gasteiger partial charge in [-0.15, -0.1) is 0 Å². The van der Waals surface area contributed by atoms with Crippen molar-refractivity contribution in [2.45, 2.75) is 13.5 Å². The lowest BCUT2D eigenvalue weighted by Gasteiger charge is -2.11. The van der Waals surface area contributed by atoms with Crippen molar-refractivity contribution in [3.63, 3.8) is 0 Å². The van der Waals surface area contributed by atoms with Crippen LogP contribution in [0.1, 0.15) is 21.6 Å². The highest BCUT2D eigenvalue weighted by Crippen LogP contribution is 2.29. The van der Waals surface area contributed by atoms with Gasteiger partial charge in [0.05, 0.1) is 30.3 Å². The second-order valence-corrected chi connectivity index (χ2v) is 6.30. The fourth-order valence-electron chi connectivity index (χ4n) is 2.63. The van der Waals surface area contributed by atoms with Gasteiger partial charge in [0.15, 0.2) is 0 Å². The summed E-state index contributed by atoms with van der Waals surface area (Å²) in [4.78, 5) is 35.0. The summed E-state index contributed by atoms with van der Waals surface area (Å²) in [5.41, 5.74) is 1.75. The van der Waals surface area contributed by atoms with E-state index in [0.29, 0.717) is 0 Å². The molecule has 2 aromatic carbocycles. The highest BCUT2D eigenvalue weighted by Gasteiger charge is 2.16. The molecule has 0 spiro atoms. The summed E-state index contributed by atoms with van der Waals surface area (Å²) in [5, 5.41) is 17.6. The maximum Gasteiger partial charge on any atom is 0.276 e. The standard InChI is InChI=1S/C20H18N4O5/c1-13-3-5-14(6-4-13)12-23-19(25)10-9-17(22-23)20(26)21-16-8-7-15(24(27)28)11-18(16)29-2/h3-11H,12H2,1-2H3,(H,21,26). The van der Waals surface area contributed by atoms with Crippen LogP contribution in [0.25, 0.3) is 0 Å². The van der Waals surface area contributed by atoms with E-state index in [1.807, 2.05) is 31.2 Å². The fourth-order valence-corrected chi connectivity index (χ4v) is 2.63. The summed E-state index contributed by atoms with van der Waals surface area (Å²) < 4.78 is 6.31. The molecule has 0 bridgehead atoms. The first kappa shape index (κ1) is 19.7. The minimum Gasteiger partial charge on any atom is -0.494 e. The third-order valence-corrected chi connectivity index (χ3v) is 4.20. The Balaban J connectivity index is 1.84. The Morgan fingerprint density at radius 2 is 1.90 bits per heavy atom. The number of rotatable bonds is 6. The summed E-state index contributed by atoms with van der Waals surface area (Å²) in [7, 11) is 1.34. The summed E-state index contributed by atoms with van der Waals surface area (Å²) in [6.45, 7) is 2.19. The van der Waals surface area contributed by atoms with Crippen LogP contribution in [0.15, 0.2) is 59.4 Å². The first-order valence-corrected chi connectivity index (χ1v) is 8.65. The maximum atomic E-state index is 12.6. The van der Waals surface area contributed by atoms with Crippen molar-refractivity contribution in [1.82, 2.24) is 9.78 Å². The number of carbonyl (C=O) groups excluding carboxylic acids is 1. The number of benzene rings is 2. The van der Waals surface area contributed by atoms with E-state index in [9.17, 15) is 19.7 Å². The molecule has 0 aliphatic carbocycles. The number of carbonyl (C=O) groups is 1.